The summed E-state index contributed by atoms with van der Waals surface area (Å²) in [5, 5.41) is 8.22. The second-order valence-electron chi connectivity index (χ2n) is 4.00. The van der Waals surface area contributed by atoms with Gasteiger partial charge in [0.05, 0.1) is 17.1 Å². The highest BCUT2D eigenvalue weighted by atomic mass is 35.5. The summed E-state index contributed by atoms with van der Waals surface area (Å²) in [5.41, 5.74) is 9.55. The first-order valence-electron chi connectivity index (χ1n) is 5.34. The van der Waals surface area contributed by atoms with Gasteiger partial charge in [0, 0.05) is 30.4 Å². The van der Waals surface area contributed by atoms with Crippen molar-refractivity contribution in [2.24, 2.45) is 7.05 Å². The molecule has 2 aromatic rings. The average molecular weight is 251 g/mol. The minimum Gasteiger partial charge on any atom is -0.397 e. The largest absolute Gasteiger partial charge is 0.397 e. The maximum absolute atomic E-state index is 5.92. The molecule has 0 aliphatic heterocycles. The van der Waals surface area contributed by atoms with Crippen molar-refractivity contribution in [1.82, 2.24) is 9.78 Å². The molecule has 0 unspecified atom stereocenters. The number of nitrogen functional groups attached to an aromatic ring is 1. The minimum atomic E-state index is 0.671. The first-order valence-corrected chi connectivity index (χ1v) is 5.72. The van der Waals surface area contributed by atoms with Crippen molar-refractivity contribution in [3.8, 4) is 0 Å². The Bertz CT molecular complexity index is 533. The Labute approximate surface area is 105 Å². The van der Waals surface area contributed by atoms with E-state index in [0.717, 1.165) is 16.9 Å². The van der Waals surface area contributed by atoms with Crippen molar-refractivity contribution < 1.29 is 0 Å². The van der Waals surface area contributed by atoms with E-state index in [1.54, 1.807) is 16.8 Å². The average Bonchev–Trinajstić information content (AvgIpc) is 2.59. The molecule has 0 bridgehead atoms. The van der Waals surface area contributed by atoms with Crippen LogP contribution < -0.4 is 11.1 Å². The molecule has 0 spiro atoms. The number of halogens is 1. The Morgan fingerprint density at radius 2 is 2.24 bits per heavy atom. The van der Waals surface area contributed by atoms with Crippen LogP contribution >= 0.6 is 11.6 Å². The van der Waals surface area contributed by atoms with Gasteiger partial charge in [-0.25, -0.2) is 0 Å². The summed E-state index contributed by atoms with van der Waals surface area (Å²) in [5.74, 6) is 0. The number of nitrogens with zero attached hydrogens (tertiary/aromatic N) is 2. The zero-order valence-electron chi connectivity index (χ0n) is 9.87. The third-order valence-electron chi connectivity index (χ3n) is 2.60. The number of aromatic nitrogens is 2. The van der Waals surface area contributed by atoms with Gasteiger partial charge in [-0.1, -0.05) is 11.6 Å². The highest BCUT2D eigenvalue weighted by Crippen LogP contribution is 2.23. The summed E-state index contributed by atoms with van der Waals surface area (Å²) in [6.07, 6.45) is 1.99. The number of aryl methyl sites for hydroxylation is 2. The van der Waals surface area contributed by atoms with Crippen molar-refractivity contribution in [1.29, 1.82) is 0 Å². The Kier molecular flexibility index (Phi) is 3.24. The standard InChI is InChI=1S/C12H15ClN4/c1-8-9(7-17(2)16-8)6-15-12-5-10(13)3-4-11(12)14/h3-5,7,15H,6,14H2,1-2H3. The molecule has 0 saturated heterocycles. The Morgan fingerprint density at radius 1 is 1.47 bits per heavy atom. The van der Waals surface area contributed by atoms with Crippen LogP contribution in [0.2, 0.25) is 5.02 Å². The third kappa shape index (κ3) is 2.71. The molecule has 0 saturated carbocycles. The monoisotopic (exact) mass is 250 g/mol. The maximum Gasteiger partial charge on any atom is 0.0643 e. The van der Waals surface area contributed by atoms with E-state index in [1.165, 1.54) is 0 Å². The number of benzene rings is 1. The molecular formula is C12H15ClN4. The predicted molar refractivity (Wildman–Crippen MR) is 71.1 cm³/mol. The van der Waals surface area contributed by atoms with Gasteiger partial charge in [-0.3, -0.25) is 4.68 Å². The van der Waals surface area contributed by atoms with Crippen LogP contribution in [0.15, 0.2) is 24.4 Å². The fourth-order valence-electron chi connectivity index (χ4n) is 1.69. The Morgan fingerprint density at radius 3 is 2.88 bits per heavy atom. The summed E-state index contributed by atoms with van der Waals surface area (Å²) >= 11 is 5.92. The highest BCUT2D eigenvalue weighted by molar-refractivity contribution is 6.31. The molecule has 1 aromatic heterocycles. The lowest BCUT2D eigenvalue weighted by Gasteiger charge is -2.08. The first kappa shape index (κ1) is 11.8. The Hall–Kier alpha value is -1.68. The van der Waals surface area contributed by atoms with Gasteiger partial charge in [-0.05, 0) is 25.1 Å². The summed E-state index contributed by atoms with van der Waals surface area (Å²) in [7, 11) is 1.91. The van der Waals surface area contributed by atoms with Crippen molar-refractivity contribution in [2.45, 2.75) is 13.5 Å². The molecule has 0 amide bonds. The third-order valence-corrected chi connectivity index (χ3v) is 2.83. The SMILES string of the molecule is Cc1nn(C)cc1CNc1cc(Cl)ccc1N. The first-order chi connectivity index (χ1) is 8.06. The van der Waals surface area contributed by atoms with Crippen molar-refractivity contribution >= 4 is 23.0 Å². The molecule has 4 nitrogen and oxygen atoms in total. The number of rotatable bonds is 3. The second kappa shape index (κ2) is 4.67. The molecule has 1 aromatic carbocycles. The van der Waals surface area contributed by atoms with Crippen molar-refractivity contribution in [3.63, 3.8) is 0 Å². The molecule has 2 rings (SSSR count). The van der Waals surface area contributed by atoms with E-state index < -0.39 is 0 Å². The summed E-state index contributed by atoms with van der Waals surface area (Å²) in [6.45, 7) is 2.67. The van der Waals surface area contributed by atoms with Gasteiger partial charge in [-0.2, -0.15) is 5.10 Å². The summed E-state index contributed by atoms with van der Waals surface area (Å²) in [6, 6.07) is 5.39. The normalized spacial score (nSPS) is 10.5. The quantitative estimate of drug-likeness (QED) is 0.824. The van der Waals surface area contributed by atoms with Gasteiger partial charge in [0.2, 0.25) is 0 Å². The molecule has 1 heterocycles. The van der Waals surface area contributed by atoms with E-state index in [1.807, 2.05) is 26.2 Å². The topological polar surface area (TPSA) is 55.9 Å². The molecule has 17 heavy (non-hydrogen) atoms. The highest BCUT2D eigenvalue weighted by Gasteiger charge is 2.04. The fraction of sp³-hybridized carbons (Fsp3) is 0.250. The van der Waals surface area contributed by atoms with Gasteiger partial charge in [-0.15, -0.1) is 0 Å². The second-order valence-corrected chi connectivity index (χ2v) is 4.43. The minimum absolute atomic E-state index is 0.671. The molecule has 0 radical (unpaired) electrons. The zero-order valence-corrected chi connectivity index (χ0v) is 10.6. The van der Waals surface area contributed by atoms with E-state index in [2.05, 4.69) is 10.4 Å². The molecule has 3 N–H and O–H groups in total. The van der Waals surface area contributed by atoms with Crippen molar-refractivity contribution in [2.75, 3.05) is 11.1 Å². The van der Waals surface area contributed by atoms with Crippen LogP contribution in [0.25, 0.3) is 0 Å². The van der Waals surface area contributed by atoms with Crippen LogP contribution in [-0.4, -0.2) is 9.78 Å². The lowest BCUT2D eigenvalue weighted by atomic mass is 10.2. The molecule has 0 fully saturated rings. The van der Waals surface area contributed by atoms with E-state index in [9.17, 15) is 0 Å². The summed E-state index contributed by atoms with van der Waals surface area (Å²) < 4.78 is 1.80. The number of nitrogens with one attached hydrogen (secondary N) is 1. The summed E-state index contributed by atoms with van der Waals surface area (Å²) in [4.78, 5) is 0. The maximum atomic E-state index is 5.92. The fourth-order valence-corrected chi connectivity index (χ4v) is 1.87. The molecular weight excluding hydrogens is 236 g/mol. The predicted octanol–water partition coefficient (Wildman–Crippen LogP) is 2.58. The number of hydrogen-bond donors (Lipinski definition) is 2. The number of hydrogen-bond acceptors (Lipinski definition) is 3. The van der Waals surface area contributed by atoms with E-state index >= 15 is 0 Å². The lowest BCUT2D eigenvalue weighted by Crippen LogP contribution is -2.02. The molecule has 0 atom stereocenters. The zero-order chi connectivity index (χ0) is 12.4. The van der Waals surface area contributed by atoms with Gasteiger partial charge in [0.1, 0.15) is 0 Å². The number of nitrogens with two attached hydrogens (primary N) is 1. The van der Waals surface area contributed by atoms with Crippen molar-refractivity contribution in [3.05, 3.63) is 40.7 Å². The lowest BCUT2D eigenvalue weighted by molar-refractivity contribution is 0.756. The smallest absolute Gasteiger partial charge is 0.0643 e. The molecule has 0 aliphatic rings. The van der Waals surface area contributed by atoms with Gasteiger partial charge >= 0.3 is 0 Å². The molecule has 90 valence electrons. The van der Waals surface area contributed by atoms with E-state index in [-0.39, 0.29) is 0 Å². The van der Waals surface area contributed by atoms with Gasteiger partial charge in [0.25, 0.3) is 0 Å². The number of anilines is 2. The van der Waals surface area contributed by atoms with Crippen LogP contribution in [0.4, 0.5) is 11.4 Å². The molecule has 0 aliphatic carbocycles. The van der Waals surface area contributed by atoms with Crippen LogP contribution in [0, 0.1) is 6.92 Å². The molecule has 5 heteroatoms. The van der Waals surface area contributed by atoms with Crippen LogP contribution in [0.1, 0.15) is 11.3 Å². The van der Waals surface area contributed by atoms with Crippen LogP contribution in [-0.2, 0) is 13.6 Å². The van der Waals surface area contributed by atoms with E-state index in [4.69, 9.17) is 17.3 Å². The van der Waals surface area contributed by atoms with Gasteiger partial charge in [0.15, 0.2) is 0 Å². The van der Waals surface area contributed by atoms with Crippen LogP contribution in [0.3, 0.4) is 0 Å². The van der Waals surface area contributed by atoms with Gasteiger partial charge < -0.3 is 11.1 Å². The Balaban J connectivity index is 2.12. The van der Waals surface area contributed by atoms with E-state index in [0.29, 0.717) is 17.3 Å². The van der Waals surface area contributed by atoms with Crippen LogP contribution in [0.5, 0.6) is 0 Å².